The van der Waals surface area contributed by atoms with E-state index in [0.29, 0.717) is 12.0 Å². The first-order chi connectivity index (χ1) is 6.43. The minimum Gasteiger partial charge on any atom is -0.325 e. The van der Waals surface area contributed by atoms with E-state index in [9.17, 15) is 8.78 Å². The molecule has 0 fully saturated rings. The molecule has 0 spiro atoms. The summed E-state index contributed by atoms with van der Waals surface area (Å²) in [5.41, 5.74) is 6.11. The lowest BCUT2D eigenvalue weighted by molar-refractivity contribution is 0.447. The highest BCUT2D eigenvalue weighted by Crippen LogP contribution is 2.16. The van der Waals surface area contributed by atoms with E-state index in [-0.39, 0.29) is 0 Å². The van der Waals surface area contributed by atoms with Crippen LogP contribution in [0.1, 0.15) is 25.8 Å². The monoisotopic (exact) mass is 199 g/mol. The molecule has 1 nitrogen and oxygen atoms in total. The van der Waals surface area contributed by atoms with Gasteiger partial charge in [0, 0.05) is 11.6 Å². The highest BCUT2D eigenvalue weighted by molar-refractivity contribution is 5.20. The number of halogens is 2. The van der Waals surface area contributed by atoms with Crippen LogP contribution in [0.3, 0.4) is 0 Å². The third-order valence-electron chi connectivity index (χ3n) is 2.34. The fourth-order valence-electron chi connectivity index (χ4n) is 1.30. The summed E-state index contributed by atoms with van der Waals surface area (Å²) < 4.78 is 25.7. The number of benzene rings is 1. The summed E-state index contributed by atoms with van der Waals surface area (Å²) in [6.45, 7) is 3.82. The highest BCUT2D eigenvalue weighted by atomic mass is 19.1. The van der Waals surface area contributed by atoms with Gasteiger partial charge >= 0.3 is 0 Å². The summed E-state index contributed by atoms with van der Waals surface area (Å²) in [5.74, 6) is -1.10. The summed E-state index contributed by atoms with van der Waals surface area (Å²) in [6, 6.07) is 3.51. The first-order valence-electron chi connectivity index (χ1n) is 4.67. The van der Waals surface area contributed by atoms with Gasteiger partial charge in [-0.1, -0.05) is 6.92 Å². The fourth-order valence-corrected chi connectivity index (χ4v) is 1.30. The Morgan fingerprint density at radius 3 is 2.14 bits per heavy atom. The van der Waals surface area contributed by atoms with Crippen LogP contribution < -0.4 is 5.73 Å². The predicted molar refractivity (Wildman–Crippen MR) is 52.9 cm³/mol. The second-order valence-electron chi connectivity index (χ2n) is 3.96. The number of hydrogen-bond donors (Lipinski definition) is 1. The van der Waals surface area contributed by atoms with Crippen molar-refractivity contribution in [1.29, 1.82) is 0 Å². The first kappa shape index (κ1) is 11.1. The van der Waals surface area contributed by atoms with Crippen LogP contribution in [0.2, 0.25) is 0 Å². The Hall–Kier alpha value is -0.960. The molecule has 1 atom stereocenters. The third kappa shape index (κ3) is 3.07. The molecular weight excluding hydrogens is 184 g/mol. The second-order valence-corrected chi connectivity index (χ2v) is 3.96. The van der Waals surface area contributed by atoms with Crippen LogP contribution >= 0.6 is 0 Å². The van der Waals surface area contributed by atoms with E-state index < -0.39 is 17.2 Å². The lowest BCUT2D eigenvalue weighted by Gasteiger charge is -2.22. The van der Waals surface area contributed by atoms with Crippen LogP contribution in [0.5, 0.6) is 0 Å². The van der Waals surface area contributed by atoms with Crippen molar-refractivity contribution in [3.8, 4) is 0 Å². The maximum Gasteiger partial charge on any atom is 0.126 e. The zero-order chi connectivity index (χ0) is 10.8. The molecule has 1 aromatic rings. The van der Waals surface area contributed by atoms with Gasteiger partial charge in [0.25, 0.3) is 0 Å². The van der Waals surface area contributed by atoms with Crippen molar-refractivity contribution in [2.45, 2.75) is 32.2 Å². The summed E-state index contributed by atoms with van der Waals surface area (Å²) in [7, 11) is 0. The van der Waals surface area contributed by atoms with Crippen molar-refractivity contribution in [3.05, 3.63) is 35.4 Å². The Labute approximate surface area is 82.9 Å². The number of rotatable bonds is 3. The Kier molecular flexibility index (Phi) is 3.21. The van der Waals surface area contributed by atoms with Crippen molar-refractivity contribution in [2.24, 2.45) is 5.73 Å². The predicted octanol–water partition coefficient (Wildman–Crippen LogP) is 2.63. The van der Waals surface area contributed by atoms with Crippen molar-refractivity contribution >= 4 is 0 Å². The minimum absolute atomic E-state index is 0.403. The van der Waals surface area contributed by atoms with Gasteiger partial charge in [0.2, 0.25) is 0 Å². The van der Waals surface area contributed by atoms with Gasteiger partial charge in [0.15, 0.2) is 0 Å². The molecule has 14 heavy (non-hydrogen) atoms. The van der Waals surface area contributed by atoms with Gasteiger partial charge in [-0.25, -0.2) is 8.78 Å². The third-order valence-corrected chi connectivity index (χ3v) is 2.34. The molecule has 1 rings (SSSR count). The molecule has 1 aromatic carbocycles. The lowest BCUT2D eigenvalue weighted by atomic mass is 9.91. The first-order valence-corrected chi connectivity index (χ1v) is 4.67. The topological polar surface area (TPSA) is 26.0 Å². The molecule has 0 aromatic heterocycles. The molecule has 0 aliphatic carbocycles. The number of nitrogens with two attached hydrogens (primary N) is 1. The highest BCUT2D eigenvalue weighted by Gasteiger charge is 2.16. The van der Waals surface area contributed by atoms with E-state index >= 15 is 0 Å². The van der Waals surface area contributed by atoms with E-state index in [2.05, 4.69) is 0 Å². The molecule has 0 aliphatic rings. The molecule has 0 heterocycles. The van der Waals surface area contributed by atoms with Crippen molar-refractivity contribution in [1.82, 2.24) is 0 Å². The molecular formula is C11H15F2N. The van der Waals surface area contributed by atoms with Crippen LogP contribution in [0, 0.1) is 11.6 Å². The molecule has 0 saturated heterocycles. The second kappa shape index (κ2) is 4.05. The standard InChI is InChI=1S/C11H15F2N/c1-3-11(2,14)7-8-4-9(12)6-10(13)5-8/h4-6H,3,7,14H2,1-2H3. The van der Waals surface area contributed by atoms with Gasteiger partial charge < -0.3 is 5.73 Å². The van der Waals surface area contributed by atoms with E-state index in [1.807, 2.05) is 13.8 Å². The molecule has 0 amide bonds. The summed E-state index contributed by atoms with van der Waals surface area (Å²) in [6.07, 6.45) is 1.25. The average molecular weight is 199 g/mol. The van der Waals surface area contributed by atoms with Gasteiger partial charge in [-0.2, -0.15) is 0 Å². The Morgan fingerprint density at radius 1 is 1.21 bits per heavy atom. The summed E-state index contributed by atoms with van der Waals surface area (Å²) in [5, 5.41) is 0. The Morgan fingerprint density at radius 2 is 1.71 bits per heavy atom. The van der Waals surface area contributed by atoms with Crippen LogP contribution in [-0.2, 0) is 6.42 Å². The smallest absolute Gasteiger partial charge is 0.126 e. The summed E-state index contributed by atoms with van der Waals surface area (Å²) in [4.78, 5) is 0. The van der Waals surface area contributed by atoms with Crippen molar-refractivity contribution < 1.29 is 8.78 Å². The van der Waals surface area contributed by atoms with Crippen molar-refractivity contribution in [2.75, 3.05) is 0 Å². The van der Waals surface area contributed by atoms with Crippen LogP contribution in [-0.4, -0.2) is 5.54 Å². The maximum absolute atomic E-state index is 12.8. The zero-order valence-electron chi connectivity index (χ0n) is 8.48. The molecule has 0 aliphatic heterocycles. The van der Waals surface area contributed by atoms with Gasteiger partial charge in [0.1, 0.15) is 11.6 Å². The molecule has 1 unspecified atom stereocenters. The van der Waals surface area contributed by atoms with E-state index in [1.165, 1.54) is 12.1 Å². The molecule has 2 N–H and O–H groups in total. The van der Waals surface area contributed by atoms with E-state index in [4.69, 9.17) is 5.73 Å². The molecule has 0 saturated carbocycles. The van der Waals surface area contributed by atoms with E-state index in [1.54, 1.807) is 0 Å². The zero-order valence-corrected chi connectivity index (χ0v) is 8.48. The van der Waals surface area contributed by atoms with Gasteiger partial charge in [-0.3, -0.25) is 0 Å². The van der Waals surface area contributed by atoms with Crippen molar-refractivity contribution in [3.63, 3.8) is 0 Å². The minimum atomic E-state index is -0.549. The quantitative estimate of drug-likeness (QED) is 0.795. The van der Waals surface area contributed by atoms with Crippen LogP contribution in [0.15, 0.2) is 18.2 Å². The molecule has 78 valence electrons. The number of hydrogen-bond acceptors (Lipinski definition) is 1. The molecule has 3 heteroatoms. The lowest BCUT2D eigenvalue weighted by Crippen LogP contribution is -2.37. The SMILES string of the molecule is CCC(C)(N)Cc1cc(F)cc(F)c1. The summed E-state index contributed by atoms with van der Waals surface area (Å²) >= 11 is 0. The maximum atomic E-state index is 12.8. The van der Waals surface area contributed by atoms with E-state index in [0.717, 1.165) is 12.5 Å². The normalized spacial score (nSPS) is 15.2. The molecule has 0 radical (unpaired) electrons. The Bertz CT molecular complexity index is 301. The van der Waals surface area contributed by atoms with Crippen LogP contribution in [0.4, 0.5) is 8.78 Å². The van der Waals surface area contributed by atoms with Gasteiger partial charge in [-0.15, -0.1) is 0 Å². The Balaban J connectivity index is 2.87. The van der Waals surface area contributed by atoms with Gasteiger partial charge in [0.05, 0.1) is 0 Å². The molecule has 0 bridgehead atoms. The van der Waals surface area contributed by atoms with Crippen LogP contribution in [0.25, 0.3) is 0 Å². The average Bonchev–Trinajstić information content (AvgIpc) is 2.01. The largest absolute Gasteiger partial charge is 0.325 e. The van der Waals surface area contributed by atoms with Gasteiger partial charge in [-0.05, 0) is 37.5 Å². The fraction of sp³-hybridized carbons (Fsp3) is 0.455.